The van der Waals surface area contributed by atoms with Crippen molar-refractivity contribution in [2.24, 2.45) is 0 Å². The smallest absolute Gasteiger partial charge is 0.231 e. The van der Waals surface area contributed by atoms with Gasteiger partial charge in [0.2, 0.25) is 12.7 Å². The number of rotatable bonds is 4. The van der Waals surface area contributed by atoms with E-state index in [9.17, 15) is 9.90 Å². The van der Waals surface area contributed by atoms with Crippen LogP contribution < -0.4 is 19.5 Å². The Morgan fingerprint density at radius 1 is 1.21 bits per heavy atom. The molecule has 0 aliphatic carbocycles. The fraction of sp³-hybridized carbons (Fsp3) is 0.409. The number of nitrogens with zero attached hydrogens (tertiary/aromatic N) is 1. The number of likely N-dealkylation sites (tertiary alicyclic amines) is 1. The van der Waals surface area contributed by atoms with Crippen LogP contribution in [0.15, 0.2) is 36.4 Å². The van der Waals surface area contributed by atoms with Gasteiger partial charge in [-0.15, -0.1) is 0 Å². The summed E-state index contributed by atoms with van der Waals surface area (Å²) in [4.78, 5) is 13.7. The summed E-state index contributed by atoms with van der Waals surface area (Å²) in [6.07, 6.45) is 1.13. The lowest BCUT2D eigenvalue weighted by atomic mass is 10.0. The quantitative estimate of drug-likeness (QED) is 0.826. The van der Waals surface area contributed by atoms with Crippen LogP contribution in [0.25, 0.3) is 0 Å². The molecule has 2 N–H and O–H groups in total. The van der Waals surface area contributed by atoms with Crippen LogP contribution in [-0.4, -0.2) is 48.0 Å². The van der Waals surface area contributed by atoms with Gasteiger partial charge < -0.3 is 24.6 Å². The maximum Gasteiger partial charge on any atom is 0.231 e. The Balaban J connectivity index is 1.21. The molecule has 3 heterocycles. The van der Waals surface area contributed by atoms with Crippen molar-refractivity contribution in [3.63, 3.8) is 0 Å². The van der Waals surface area contributed by atoms with Gasteiger partial charge in [0.15, 0.2) is 11.5 Å². The largest absolute Gasteiger partial charge is 0.488 e. The number of carbonyl (C=O) groups is 1. The standard InChI is InChI=1S/C22H24N2O5/c25-18-12-24(11-15-2-1-3-20-22(15)28-13-27-20)9-8-19(18)29-16-5-6-17-14(10-16)4-7-21(26)23-17/h1-3,5-6,10,18-19,25H,4,7-9,11-13H2,(H,23,26)/t18-,19-/m1/s1. The van der Waals surface area contributed by atoms with Crippen LogP contribution in [0.4, 0.5) is 5.69 Å². The zero-order valence-electron chi connectivity index (χ0n) is 16.1. The fourth-order valence-corrected chi connectivity index (χ4v) is 4.22. The topological polar surface area (TPSA) is 80.3 Å². The van der Waals surface area contributed by atoms with E-state index in [2.05, 4.69) is 10.2 Å². The average Bonchev–Trinajstić information content (AvgIpc) is 3.20. The number of hydrogen-bond acceptors (Lipinski definition) is 6. The van der Waals surface area contributed by atoms with E-state index in [1.54, 1.807) is 0 Å². The van der Waals surface area contributed by atoms with E-state index in [4.69, 9.17) is 14.2 Å². The zero-order chi connectivity index (χ0) is 19.8. The van der Waals surface area contributed by atoms with Gasteiger partial charge in [-0.1, -0.05) is 12.1 Å². The second-order valence-corrected chi connectivity index (χ2v) is 7.77. The number of aliphatic hydroxyl groups is 1. The van der Waals surface area contributed by atoms with Crippen LogP contribution in [0.5, 0.6) is 17.2 Å². The summed E-state index contributed by atoms with van der Waals surface area (Å²) in [6.45, 7) is 2.33. The van der Waals surface area contributed by atoms with Crippen molar-refractivity contribution in [1.82, 2.24) is 4.90 Å². The molecule has 1 amide bonds. The average molecular weight is 396 g/mol. The van der Waals surface area contributed by atoms with Crippen LogP contribution in [0, 0.1) is 0 Å². The number of carbonyl (C=O) groups excluding carboxylic acids is 1. The second-order valence-electron chi connectivity index (χ2n) is 7.77. The lowest BCUT2D eigenvalue weighted by Crippen LogP contribution is -2.48. The van der Waals surface area contributed by atoms with E-state index in [0.717, 1.165) is 47.0 Å². The van der Waals surface area contributed by atoms with Gasteiger partial charge >= 0.3 is 0 Å². The molecular formula is C22H24N2O5. The first-order chi connectivity index (χ1) is 14.2. The Bertz CT molecular complexity index is 931. The van der Waals surface area contributed by atoms with Crippen LogP contribution in [0.3, 0.4) is 0 Å². The van der Waals surface area contributed by atoms with Crippen LogP contribution in [0.1, 0.15) is 24.0 Å². The van der Waals surface area contributed by atoms with Gasteiger partial charge in [-0.2, -0.15) is 0 Å². The molecule has 0 spiro atoms. The third-order valence-electron chi connectivity index (χ3n) is 5.74. The number of nitrogens with one attached hydrogen (secondary N) is 1. The fourth-order valence-electron chi connectivity index (χ4n) is 4.22. The van der Waals surface area contributed by atoms with Crippen LogP contribution in [-0.2, 0) is 17.8 Å². The van der Waals surface area contributed by atoms with Crippen molar-refractivity contribution >= 4 is 11.6 Å². The van der Waals surface area contributed by atoms with Crippen molar-refractivity contribution in [3.05, 3.63) is 47.5 Å². The van der Waals surface area contributed by atoms with Gasteiger partial charge in [-0.3, -0.25) is 9.69 Å². The molecular weight excluding hydrogens is 372 g/mol. The molecule has 7 heteroatoms. The van der Waals surface area contributed by atoms with Crippen molar-refractivity contribution in [2.45, 2.75) is 38.0 Å². The molecule has 5 rings (SSSR count). The molecule has 0 radical (unpaired) electrons. The van der Waals surface area contributed by atoms with E-state index in [-0.39, 0.29) is 18.8 Å². The maximum atomic E-state index is 11.5. The molecule has 0 aromatic heterocycles. The molecule has 1 fully saturated rings. The van der Waals surface area contributed by atoms with E-state index in [1.807, 2.05) is 36.4 Å². The lowest BCUT2D eigenvalue weighted by molar-refractivity contribution is -0.116. The van der Waals surface area contributed by atoms with Crippen molar-refractivity contribution in [1.29, 1.82) is 0 Å². The Labute approximate surface area is 169 Å². The van der Waals surface area contributed by atoms with Gasteiger partial charge in [-0.25, -0.2) is 0 Å². The molecule has 0 saturated carbocycles. The number of aryl methyl sites for hydroxylation is 1. The van der Waals surface area contributed by atoms with Crippen molar-refractivity contribution in [3.8, 4) is 17.2 Å². The molecule has 0 bridgehead atoms. The molecule has 29 heavy (non-hydrogen) atoms. The monoisotopic (exact) mass is 396 g/mol. The summed E-state index contributed by atoms with van der Waals surface area (Å²) in [5.74, 6) is 2.38. The molecule has 2 aromatic carbocycles. The molecule has 2 atom stereocenters. The molecule has 2 aromatic rings. The Morgan fingerprint density at radius 2 is 2.14 bits per heavy atom. The highest BCUT2D eigenvalue weighted by molar-refractivity contribution is 5.94. The van der Waals surface area contributed by atoms with E-state index in [1.165, 1.54) is 0 Å². The summed E-state index contributed by atoms with van der Waals surface area (Å²) < 4.78 is 17.1. The number of β-amino-alcohol motifs (C(OH)–C–C–N with tert-alkyl or cyclic N) is 1. The molecule has 1 saturated heterocycles. The number of benzene rings is 2. The number of fused-ring (bicyclic) bond motifs is 2. The number of hydrogen-bond donors (Lipinski definition) is 2. The molecule has 3 aliphatic rings. The Morgan fingerprint density at radius 3 is 3.03 bits per heavy atom. The Hall–Kier alpha value is -2.77. The molecule has 152 valence electrons. The summed E-state index contributed by atoms with van der Waals surface area (Å²) in [7, 11) is 0. The number of anilines is 1. The zero-order valence-corrected chi connectivity index (χ0v) is 16.1. The minimum atomic E-state index is -0.576. The molecule has 0 unspecified atom stereocenters. The highest BCUT2D eigenvalue weighted by atomic mass is 16.7. The van der Waals surface area contributed by atoms with Gasteiger partial charge in [0.25, 0.3) is 0 Å². The third kappa shape index (κ3) is 3.75. The summed E-state index contributed by atoms with van der Waals surface area (Å²) in [6, 6.07) is 11.6. The van der Waals surface area contributed by atoms with Gasteiger partial charge in [0.05, 0.1) is 0 Å². The predicted molar refractivity (Wildman–Crippen MR) is 106 cm³/mol. The summed E-state index contributed by atoms with van der Waals surface area (Å²) in [5.41, 5.74) is 3.00. The van der Waals surface area contributed by atoms with Crippen molar-refractivity contribution in [2.75, 3.05) is 25.2 Å². The third-order valence-corrected chi connectivity index (χ3v) is 5.74. The highest BCUT2D eigenvalue weighted by Crippen LogP contribution is 2.36. The summed E-state index contributed by atoms with van der Waals surface area (Å²) >= 11 is 0. The van der Waals surface area contributed by atoms with E-state index >= 15 is 0 Å². The van der Waals surface area contributed by atoms with Gasteiger partial charge in [-0.05, 0) is 42.7 Å². The van der Waals surface area contributed by atoms with Crippen LogP contribution >= 0.6 is 0 Å². The minimum absolute atomic E-state index is 0.0509. The van der Waals surface area contributed by atoms with E-state index in [0.29, 0.717) is 25.9 Å². The number of amides is 1. The molecule has 3 aliphatic heterocycles. The SMILES string of the molecule is O=C1CCc2cc(O[C@@H]3CCN(Cc4cccc5c4OCO5)C[C@H]3O)ccc2N1. The number of piperidine rings is 1. The number of para-hydroxylation sites is 1. The second kappa shape index (κ2) is 7.57. The molecule has 7 nitrogen and oxygen atoms in total. The Kier molecular flexibility index (Phi) is 4.77. The first kappa shape index (κ1) is 18.3. The van der Waals surface area contributed by atoms with Crippen LogP contribution in [0.2, 0.25) is 0 Å². The number of aliphatic hydroxyl groups excluding tert-OH is 1. The normalized spacial score (nSPS) is 23.4. The van der Waals surface area contributed by atoms with Gasteiger partial charge in [0.1, 0.15) is 18.0 Å². The van der Waals surface area contributed by atoms with Crippen molar-refractivity contribution < 1.29 is 24.1 Å². The first-order valence-corrected chi connectivity index (χ1v) is 10.0. The maximum absolute atomic E-state index is 11.5. The number of ether oxygens (including phenoxy) is 3. The highest BCUT2D eigenvalue weighted by Gasteiger charge is 2.30. The predicted octanol–water partition coefficient (Wildman–Crippen LogP) is 2.31. The minimum Gasteiger partial charge on any atom is -0.488 e. The lowest BCUT2D eigenvalue weighted by Gasteiger charge is -2.36. The van der Waals surface area contributed by atoms with Gasteiger partial charge in [0, 0.05) is 37.3 Å². The van der Waals surface area contributed by atoms with E-state index < -0.39 is 6.10 Å². The first-order valence-electron chi connectivity index (χ1n) is 10.0. The summed E-state index contributed by atoms with van der Waals surface area (Å²) in [5, 5.41) is 13.5.